The van der Waals surface area contributed by atoms with Gasteiger partial charge in [-0.05, 0) is 24.3 Å². The van der Waals surface area contributed by atoms with E-state index in [1.807, 2.05) is 4.90 Å². The van der Waals surface area contributed by atoms with Crippen LogP contribution in [0.1, 0.15) is 5.56 Å². The van der Waals surface area contributed by atoms with E-state index < -0.39 is 5.76 Å². The molecular weight excluding hydrogens is 346 g/mol. The number of oxazole rings is 1. The number of piperazine rings is 1. The average molecular weight is 363 g/mol. The molecule has 4 rings (SSSR count). The summed E-state index contributed by atoms with van der Waals surface area (Å²) in [6.07, 6.45) is 1.61. The Morgan fingerprint density at radius 1 is 1.19 bits per heavy atom. The van der Waals surface area contributed by atoms with Crippen molar-refractivity contribution in [3.8, 4) is 6.07 Å². The van der Waals surface area contributed by atoms with Crippen molar-refractivity contribution in [2.75, 3.05) is 31.1 Å². The van der Waals surface area contributed by atoms with Gasteiger partial charge >= 0.3 is 5.76 Å². The minimum absolute atomic E-state index is 0.0436. The number of fused-ring (bicyclic) bond motifs is 1. The van der Waals surface area contributed by atoms with Gasteiger partial charge in [0.1, 0.15) is 12.4 Å². The van der Waals surface area contributed by atoms with Gasteiger partial charge in [-0.25, -0.2) is 9.78 Å². The fourth-order valence-corrected chi connectivity index (χ4v) is 3.24. The summed E-state index contributed by atoms with van der Waals surface area (Å²) >= 11 is 0. The van der Waals surface area contributed by atoms with Gasteiger partial charge in [0.15, 0.2) is 5.58 Å². The summed E-state index contributed by atoms with van der Waals surface area (Å²) in [5, 5.41) is 9.01. The standard InChI is InChI=1S/C19H17N5O3/c20-12-14-5-6-21-17(11-14)22-7-9-23(10-8-22)18(25)13-24-15-3-1-2-4-16(15)27-19(24)26/h1-6,11H,7-10,13H2. The largest absolute Gasteiger partial charge is 0.420 e. The van der Waals surface area contributed by atoms with Crippen LogP contribution in [0.2, 0.25) is 0 Å². The third kappa shape index (κ3) is 3.27. The summed E-state index contributed by atoms with van der Waals surface area (Å²) in [6.45, 7) is 2.25. The molecular formula is C19H17N5O3. The van der Waals surface area contributed by atoms with Crippen LogP contribution in [0.15, 0.2) is 51.8 Å². The van der Waals surface area contributed by atoms with Gasteiger partial charge in [-0.2, -0.15) is 5.26 Å². The number of pyridine rings is 1. The van der Waals surface area contributed by atoms with Crippen LogP contribution in [-0.4, -0.2) is 46.5 Å². The highest BCUT2D eigenvalue weighted by atomic mass is 16.4. The lowest BCUT2D eigenvalue weighted by molar-refractivity contribution is -0.132. The Morgan fingerprint density at radius 2 is 1.96 bits per heavy atom. The molecule has 1 aliphatic heterocycles. The fraction of sp³-hybridized carbons (Fsp3) is 0.263. The van der Waals surface area contributed by atoms with Gasteiger partial charge in [0.25, 0.3) is 0 Å². The first-order valence-electron chi connectivity index (χ1n) is 8.63. The molecule has 0 aliphatic carbocycles. The van der Waals surface area contributed by atoms with Crippen molar-refractivity contribution in [1.82, 2.24) is 14.5 Å². The Kier molecular flexibility index (Phi) is 4.34. The molecule has 8 heteroatoms. The normalized spacial score (nSPS) is 14.3. The summed E-state index contributed by atoms with van der Waals surface area (Å²) in [5.41, 5.74) is 1.65. The molecule has 0 spiro atoms. The molecule has 0 N–H and O–H groups in total. The highest BCUT2D eigenvalue weighted by molar-refractivity contribution is 5.79. The lowest BCUT2D eigenvalue weighted by Crippen LogP contribution is -2.50. The number of carbonyl (C=O) groups excluding carboxylic acids is 1. The number of nitrogens with zero attached hydrogens (tertiary/aromatic N) is 5. The molecule has 1 amide bonds. The summed E-state index contributed by atoms with van der Waals surface area (Å²) in [4.78, 5) is 32.8. The molecule has 3 aromatic rings. The van der Waals surface area contributed by atoms with Crippen LogP contribution in [0.3, 0.4) is 0 Å². The summed E-state index contributed by atoms with van der Waals surface area (Å²) < 4.78 is 6.54. The molecule has 1 aliphatic rings. The Balaban J connectivity index is 1.43. The maximum absolute atomic E-state index is 12.7. The van der Waals surface area contributed by atoms with E-state index in [2.05, 4.69) is 11.1 Å². The molecule has 136 valence electrons. The van der Waals surface area contributed by atoms with Crippen LogP contribution in [0, 0.1) is 11.3 Å². The van der Waals surface area contributed by atoms with Crippen LogP contribution in [0.4, 0.5) is 5.82 Å². The van der Waals surface area contributed by atoms with Crippen molar-refractivity contribution >= 4 is 22.8 Å². The minimum Gasteiger partial charge on any atom is -0.408 e. The molecule has 27 heavy (non-hydrogen) atoms. The van der Waals surface area contributed by atoms with Gasteiger partial charge in [0, 0.05) is 32.4 Å². The third-order valence-corrected chi connectivity index (χ3v) is 4.70. The molecule has 1 fully saturated rings. The number of aromatic nitrogens is 2. The quantitative estimate of drug-likeness (QED) is 0.694. The third-order valence-electron chi connectivity index (χ3n) is 4.70. The van der Waals surface area contributed by atoms with Gasteiger partial charge in [-0.1, -0.05) is 12.1 Å². The molecule has 0 saturated carbocycles. The first-order chi connectivity index (χ1) is 13.2. The lowest BCUT2D eigenvalue weighted by Gasteiger charge is -2.35. The second-order valence-corrected chi connectivity index (χ2v) is 6.30. The van der Waals surface area contributed by atoms with Gasteiger partial charge < -0.3 is 14.2 Å². The van der Waals surface area contributed by atoms with E-state index in [9.17, 15) is 9.59 Å². The lowest BCUT2D eigenvalue weighted by atomic mass is 10.2. The molecule has 0 atom stereocenters. The zero-order valence-corrected chi connectivity index (χ0v) is 14.5. The molecule has 3 heterocycles. The van der Waals surface area contributed by atoms with Crippen LogP contribution in [0.25, 0.3) is 11.1 Å². The maximum atomic E-state index is 12.7. The number of hydrogen-bond acceptors (Lipinski definition) is 6. The predicted molar refractivity (Wildman–Crippen MR) is 98.2 cm³/mol. The minimum atomic E-state index is -0.527. The number of rotatable bonds is 3. The summed E-state index contributed by atoms with van der Waals surface area (Å²) in [5.74, 6) is 0.0842. The predicted octanol–water partition coefficient (Wildman–Crippen LogP) is 1.21. The van der Waals surface area contributed by atoms with Crippen molar-refractivity contribution in [1.29, 1.82) is 5.26 Å². The maximum Gasteiger partial charge on any atom is 0.420 e. The summed E-state index contributed by atoms with van der Waals surface area (Å²) in [6, 6.07) is 12.6. The SMILES string of the molecule is N#Cc1ccnc(N2CCN(C(=O)Cn3c(=O)oc4ccccc43)CC2)c1. The highest BCUT2D eigenvalue weighted by Gasteiger charge is 2.23. The van der Waals surface area contributed by atoms with E-state index in [0.29, 0.717) is 42.8 Å². The first-order valence-corrected chi connectivity index (χ1v) is 8.63. The molecule has 0 unspecified atom stereocenters. The van der Waals surface area contributed by atoms with E-state index in [-0.39, 0.29) is 12.5 Å². The van der Waals surface area contributed by atoms with Gasteiger partial charge in [0.05, 0.1) is 17.1 Å². The van der Waals surface area contributed by atoms with E-state index in [1.54, 1.807) is 47.5 Å². The second kappa shape index (κ2) is 6.96. The van der Waals surface area contributed by atoms with Crippen molar-refractivity contribution in [2.45, 2.75) is 6.54 Å². The number of hydrogen-bond donors (Lipinski definition) is 0. The highest BCUT2D eigenvalue weighted by Crippen LogP contribution is 2.16. The number of nitriles is 1. The van der Waals surface area contributed by atoms with E-state index in [4.69, 9.17) is 9.68 Å². The van der Waals surface area contributed by atoms with Crippen LogP contribution < -0.4 is 10.7 Å². The number of benzene rings is 1. The first kappa shape index (κ1) is 16.8. The van der Waals surface area contributed by atoms with Crippen molar-refractivity contribution in [3.63, 3.8) is 0 Å². The van der Waals surface area contributed by atoms with E-state index >= 15 is 0 Å². The van der Waals surface area contributed by atoms with Crippen LogP contribution >= 0.6 is 0 Å². The number of carbonyl (C=O) groups is 1. The summed E-state index contributed by atoms with van der Waals surface area (Å²) in [7, 11) is 0. The van der Waals surface area contributed by atoms with Crippen LogP contribution in [-0.2, 0) is 11.3 Å². The Hall–Kier alpha value is -3.60. The second-order valence-electron chi connectivity index (χ2n) is 6.30. The Morgan fingerprint density at radius 3 is 2.74 bits per heavy atom. The molecule has 1 aromatic carbocycles. The number of para-hydroxylation sites is 2. The van der Waals surface area contributed by atoms with E-state index in [1.165, 1.54) is 4.57 Å². The Labute approximate surface area is 154 Å². The van der Waals surface area contributed by atoms with Crippen molar-refractivity contribution in [3.05, 3.63) is 58.7 Å². The molecule has 8 nitrogen and oxygen atoms in total. The molecule has 2 aromatic heterocycles. The van der Waals surface area contributed by atoms with Gasteiger partial charge in [-0.15, -0.1) is 0 Å². The van der Waals surface area contributed by atoms with Crippen molar-refractivity contribution < 1.29 is 9.21 Å². The zero-order chi connectivity index (χ0) is 18.8. The fourth-order valence-electron chi connectivity index (χ4n) is 3.24. The molecule has 0 radical (unpaired) electrons. The molecule has 0 bridgehead atoms. The topological polar surface area (TPSA) is 95.4 Å². The number of amides is 1. The van der Waals surface area contributed by atoms with E-state index in [0.717, 1.165) is 5.82 Å². The number of anilines is 1. The average Bonchev–Trinajstić information content (AvgIpc) is 3.03. The molecule has 1 saturated heterocycles. The van der Waals surface area contributed by atoms with Crippen LogP contribution in [0.5, 0.6) is 0 Å². The monoisotopic (exact) mass is 363 g/mol. The van der Waals surface area contributed by atoms with Gasteiger partial charge in [-0.3, -0.25) is 9.36 Å². The zero-order valence-electron chi connectivity index (χ0n) is 14.5. The smallest absolute Gasteiger partial charge is 0.408 e. The van der Waals surface area contributed by atoms with Gasteiger partial charge in [0.2, 0.25) is 5.91 Å². The Bertz CT molecular complexity index is 1090. The van der Waals surface area contributed by atoms with Crippen molar-refractivity contribution in [2.24, 2.45) is 0 Å².